The van der Waals surface area contributed by atoms with E-state index in [4.69, 9.17) is 23.2 Å². The van der Waals surface area contributed by atoms with E-state index in [0.29, 0.717) is 36.8 Å². The van der Waals surface area contributed by atoms with E-state index in [-0.39, 0.29) is 9.92 Å². The van der Waals surface area contributed by atoms with E-state index in [9.17, 15) is 8.42 Å². The molecule has 3 heterocycles. The molecule has 0 amide bonds. The third kappa shape index (κ3) is 3.01. The zero-order valence-electron chi connectivity index (χ0n) is 13.4. The van der Waals surface area contributed by atoms with Crippen molar-refractivity contribution in [1.29, 1.82) is 0 Å². The number of fused-ring (bicyclic) bond motifs is 1. The molecule has 4 rings (SSSR count). The van der Waals surface area contributed by atoms with Crippen LogP contribution >= 0.6 is 23.2 Å². The lowest BCUT2D eigenvalue weighted by molar-refractivity contribution is 0.384. The van der Waals surface area contributed by atoms with Crippen molar-refractivity contribution in [3.63, 3.8) is 0 Å². The molecular formula is C15H14Cl2N6O2S. The van der Waals surface area contributed by atoms with Crippen molar-refractivity contribution in [3.05, 3.63) is 40.9 Å². The second kappa shape index (κ2) is 6.66. The summed E-state index contributed by atoms with van der Waals surface area (Å²) in [6.45, 7) is 1.68. The van der Waals surface area contributed by atoms with Crippen LogP contribution in [-0.4, -0.2) is 58.8 Å². The minimum absolute atomic E-state index is 0.137. The molecule has 0 aliphatic carbocycles. The van der Waals surface area contributed by atoms with Crippen molar-refractivity contribution in [2.75, 3.05) is 31.1 Å². The van der Waals surface area contributed by atoms with Gasteiger partial charge in [0.25, 0.3) is 0 Å². The van der Waals surface area contributed by atoms with Crippen molar-refractivity contribution >= 4 is 50.2 Å². The molecule has 1 N–H and O–H groups in total. The number of hydrogen-bond donors (Lipinski definition) is 1. The van der Waals surface area contributed by atoms with Crippen LogP contribution in [0.25, 0.3) is 11.2 Å². The smallest absolute Gasteiger partial charge is 0.243 e. The van der Waals surface area contributed by atoms with Crippen LogP contribution in [-0.2, 0) is 10.0 Å². The number of rotatable bonds is 3. The summed E-state index contributed by atoms with van der Waals surface area (Å²) < 4.78 is 27.1. The predicted octanol–water partition coefficient (Wildman–Crippen LogP) is 2.17. The largest absolute Gasteiger partial charge is 0.352 e. The Morgan fingerprint density at radius 3 is 2.50 bits per heavy atom. The molecule has 2 aromatic heterocycles. The topological polar surface area (TPSA) is 95.1 Å². The van der Waals surface area contributed by atoms with Gasteiger partial charge in [-0.2, -0.15) is 4.31 Å². The molecule has 11 heteroatoms. The van der Waals surface area contributed by atoms with Crippen LogP contribution < -0.4 is 4.90 Å². The first-order valence-corrected chi connectivity index (χ1v) is 10.0. The van der Waals surface area contributed by atoms with E-state index in [0.717, 1.165) is 11.3 Å². The van der Waals surface area contributed by atoms with E-state index in [1.807, 2.05) is 4.90 Å². The monoisotopic (exact) mass is 412 g/mol. The third-order valence-corrected chi connectivity index (χ3v) is 6.90. The quantitative estimate of drug-likeness (QED) is 0.707. The highest BCUT2D eigenvalue weighted by atomic mass is 35.5. The lowest BCUT2D eigenvalue weighted by Crippen LogP contribution is -2.49. The van der Waals surface area contributed by atoms with Gasteiger partial charge in [-0.25, -0.2) is 23.4 Å². The fourth-order valence-corrected chi connectivity index (χ4v) is 4.73. The van der Waals surface area contributed by atoms with E-state index >= 15 is 0 Å². The lowest BCUT2D eigenvalue weighted by Gasteiger charge is -2.34. The Kier molecular flexibility index (Phi) is 4.47. The van der Waals surface area contributed by atoms with E-state index in [1.165, 1.54) is 28.8 Å². The van der Waals surface area contributed by atoms with Gasteiger partial charge in [0.15, 0.2) is 11.5 Å². The molecule has 0 bridgehead atoms. The highest BCUT2D eigenvalue weighted by Gasteiger charge is 2.30. The first-order valence-electron chi connectivity index (χ1n) is 7.81. The van der Waals surface area contributed by atoms with Crippen molar-refractivity contribution in [2.24, 2.45) is 0 Å². The van der Waals surface area contributed by atoms with Gasteiger partial charge in [0.2, 0.25) is 10.0 Å². The van der Waals surface area contributed by atoms with Crippen LogP contribution in [0.3, 0.4) is 0 Å². The molecular weight excluding hydrogens is 399 g/mol. The second-order valence-electron chi connectivity index (χ2n) is 5.77. The number of nitrogens with one attached hydrogen (secondary N) is 1. The molecule has 0 atom stereocenters. The Bertz CT molecular complexity index is 1060. The first kappa shape index (κ1) is 17.5. The number of hydrogen-bond acceptors (Lipinski definition) is 6. The molecule has 1 aliphatic heterocycles. The number of imidazole rings is 1. The number of sulfonamides is 1. The summed E-state index contributed by atoms with van der Waals surface area (Å²) in [4.78, 5) is 17.7. The van der Waals surface area contributed by atoms with Gasteiger partial charge in [-0.1, -0.05) is 23.2 Å². The molecule has 136 valence electrons. The van der Waals surface area contributed by atoms with Gasteiger partial charge in [-0.3, -0.25) is 0 Å². The fourth-order valence-electron chi connectivity index (χ4n) is 2.92. The van der Waals surface area contributed by atoms with Gasteiger partial charge in [0, 0.05) is 26.2 Å². The molecule has 0 unspecified atom stereocenters. The van der Waals surface area contributed by atoms with Crippen LogP contribution in [0.2, 0.25) is 10.0 Å². The van der Waals surface area contributed by atoms with E-state index in [1.54, 1.807) is 6.33 Å². The first-order chi connectivity index (χ1) is 12.5. The summed E-state index contributed by atoms with van der Waals surface area (Å²) in [7, 11) is -3.63. The highest BCUT2D eigenvalue weighted by Crippen LogP contribution is 2.28. The Morgan fingerprint density at radius 2 is 1.77 bits per heavy atom. The molecule has 0 saturated carbocycles. The van der Waals surface area contributed by atoms with Gasteiger partial charge in [0.1, 0.15) is 11.8 Å². The molecule has 1 fully saturated rings. The predicted molar refractivity (Wildman–Crippen MR) is 99.1 cm³/mol. The van der Waals surface area contributed by atoms with Gasteiger partial charge in [-0.05, 0) is 18.2 Å². The summed E-state index contributed by atoms with van der Waals surface area (Å²) in [5.74, 6) is 0.721. The standard InChI is InChI=1S/C15H14Cl2N6O2S/c16-11-2-1-10(7-12(11)17)26(24,25)23-5-3-22(4-6-23)15-13-14(19-8-18-13)20-9-21-15/h1-2,7-9H,3-6H2,(H,18,19,20,21). The molecule has 8 nitrogen and oxygen atoms in total. The minimum atomic E-state index is -3.63. The number of nitrogens with zero attached hydrogens (tertiary/aromatic N) is 5. The number of halogens is 2. The number of H-pyrrole nitrogens is 1. The highest BCUT2D eigenvalue weighted by molar-refractivity contribution is 7.89. The van der Waals surface area contributed by atoms with Crippen LogP contribution in [0.4, 0.5) is 5.82 Å². The molecule has 1 aromatic carbocycles. The maximum atomic E-state index is 12.8. The summed E-state index contributed by atoms with van der Waals surface area (Å²) >= 11 is 11.8. The normalized spacial score (nSPS) is 16.3. The Labute approximate surface area is 159 Å². The molecule has 0 spiro atoms. The maximum Gasteiger partial charge on any atom is 0.243 e. The van der Waals surface area contributed by atoms with Gasteiger partial charge in [-0.15, -0.1) is 0 Å². The number of aromatic amines is 1. The summed E-state index contributed by atoms with van der Waals surface area (Å²) in [6.07, 6.45) is 3.02. The Balaban J connectivity index is 1.54. The van der Waals surface area contributed by atoms with Crippen LogP contribution in [0.5, 0.6) is 0 Å². The average molecular weight is 413 g/mol. The Morgan fingerprint density at radius 1 is 1.00 bits per heavy atom. The molecule has 26 heavy (non-hydrogen) atoms. The zero-order chi connectivity index (χ0) is 18.3. The van der Waals surface area contributed by atoms with Crippen LogP contribution in [0.1, 0.15) is 0 Å². The minimum Gasteiger partial charge on any atom is -0.352 e. The molecule has 3 aromatic rings. The number of benzene rings is 1. The molecule has 0 radical (unpaired) electrons. The van der Waals surface area contributed by atoms with Crippen molar-refractivity contribution in [3.8, 4) is 0 Å². The van der Waals surface area contributed by atoms with Gasteiger partial charge < -0.3 is 9.88 Å². The summed E-state index contributed by atoms with van der Waals surface area (Å²) in [5.41, 5.74) is 1.33. The number of aromatic nitrogens is 4. The van der Waals surface area contributed by atoms with Crippen molar-refractivity contribution < 1.29 is 8.42 Å². The average Bonchev–Trinajstić information content (AvgIpc) is 3.13. The lowest BCUT2D eigenvalue weighted by atomic mass is 10.3. The van der Waals surface area contributed by atoms with E-state index < -0.39 is 10.0 Å². The van der Waals surface area contributed by atoms with Gasteiger partial charge in [0.05, 0.1) is 21.3 Å². The summed E-state index contributed by atoms with van der Waals surface area (Å²) in [6, 6.07) is 4.33. The van der Waals surface area contributed by atoms with E-state index in [2.05, 4.69) is 19.9 Å². The van der Waals surface area contributed by atoms with Crippen LogP contribution in [0, 0.1) is 0 Å². The zero-order valence-corrected chi connectivity index (χ0v) is 15.8. The van der Waals surface area contributed by atoms with Crippen molar-refractivity contribution in [2.45, 2.75) is 4.90 Å². The van der Waals surface area contributed by atoms with Crippen molar-refractivity contribution in [1.82, 2.24) is 24.2 Å². The fraction of sp³-hybridized carbons (Fsp3) is 0.267. The molecule has 1 saturated heterocycles. The molecule has 1 aliphatic rings. The summed E-state index contributed by atoms with van der Waals surface area (Å²) in [5, 5.41) is 0.539. The SMILES string of the molecule is O=S(=O)(c1ccc(Cl)c(Cl)c1)N1CCN(c2ncnc3nc[nH]c23)CC1. The maximum absolute atomic E-state index is 12.8. The number of anilines is 1. The number of piperazine rings is 1. The second-order valence-corrected chi connectivity index (χ2v) is 8.52. The van der Waals surface area contributed by atoms with Gasteiger partial charge >= 0.3 is 0 Å². The Hall–Kier alpha value is -1.94. The van der Waals surface area contributed by atoms with Crippen LogP contribution in [0.15, 0.2) is 35.7 Å². The third-order valence-electron chi connectivity index (χ3n) is 4.27.